The van der Waals surface area contributed by atoms with Gasteiger partial charge in [0.1, 0.15) is 11.5 Å². The number of para-hydroxylation sites is 2. The fraction of sp³-hybridized carbons (Fsp3) is 0.147. The maximum atomic E-state index is 14.9. The van der Waals surface area contributed by atoms with Crippen LogP contribution in [-0.4, -0.2) is 41.3 Å². The molecule has 0 radical (unpaired) electrons. The van der Waals surface area contributed by atoms with E-state index in [2.05, 4.69) is 5.32 Å². The highest BCUT2D eigenvalue weighted by molar-refractivity contribution is 6.18. The standard InChI is InChI=1S/C34H23N3O7/c38-31(21-11-15-26-27(17-21)44-18-43-26)29-30(32(39)20-9-13-22(14-10-20)37(41)42)36-25-8-4-1-5-19(25)12-16-28(36)34(29)23-6-2-3-7-24(23)35-33(34)40/h1-17,28-30H,18H2,(H,35,40). The van der Waals surface area contributed by atoms with Gasteiger partial charge in [0.15, 0.2) is 23.1 Å². The van der Waals surface area contributed by atoms with Gasteiger partial charge >= 0.3 is 0 Å². The molecule has 0 bridgehead atoms. The van der Waals surface area contributed by atoms with Crippen molar-refractivity contribution in [1.29, 1.82) is 0 Å². The first-order valence-electron chi connectivity index (χ1n) is 14.1. The van der Waals surface area contributed by atoms with Crippen molar-refractivity contribution in [3.05, 3.63) is 129 Å². The third-order valence-corrected chi connectivity index (χ3v) is 9.11. The van der Waals surface area contributed by atoms with E-state index < -0.39 is 39.9 Å². The van der Waals surface area contributed by atoms with E-state index in [9.17, 15) is 24.5 Å². The number of Topliss-reactive ketones (excluding diaryl/α,β-unsaturated/α-hetero) is 2. The van der Waals surface area contributed by atoms with Gasteiger partial charge in [0.05, 0.1) is 16.9 Å². The van der Waals surface area contributed by atoms with Crippen molar-refractivity contribution in [2.45, 2.75) is 17.5 Å². The molecule has 4 aromatic carbocycles. The second-order valence-electron chi connectivity index (χ2n) is 11.2. The summed E-state index contributed by atoms with van der Waals surface area (Å²) < 4.78 is 11.0. The number of carbonyl (C=O) groups excluding carboxylic acids is 3. The minimum absolute atomic E-state index is 0.0226. The first kappa shape index (κ1) is 25.9. The zero-order valence-electron chi connectivity index (χ0n) is 23.0. The predicted octanol–water partition coefficient (Wildman–Crippen LogP) is 5.18. The van der Waals surface area contributed by atoms with E-state index in [1.165, 1.54) is 24.3 Å². The minimum atomic E-state index is -1.48. The molecular formula is C34H23N3O7. The largest absolute Gasteiger partial charge is 0.454 e. The second kappa shape index (κ2) is 9.37. The lowest BCUT2D eigenvalue weighted by Crippen LogP contribution is -2.51. The number of nitrogens with zero attached hydrogens (tertiary/aromatic N) is 2. The van der Waals surface area contributed by atoms with Gasteiger partial charge in [0.2, 0.25) is 12.7 Å². The predicted molar refractivity (Wildman–Crippen MR) is 160 cm³/mol. The Hall–Kier alpha value is -5.77. The molecule has 4 aliphatic rings. The Bertz CT molecular complexity index is 1950. The van der Waals surface area contributed by atoms with Gasteiger partial charge in [0, 0.05) is 34.6 Å². The molecule has 4 unspecified atom stereocenters. The number of amides is 1. The number of rotatable bonds is 5. The van der Waals surface area contributed by atoms with Gasteiger partial charge in [-0.1, -0.05) is 48.6 Å². The number of carbonyl (C=O) groups is 3. The van der Waals surface area contributed by atoms with Crippen LogP contribution in [-0.2, 0) is 10.2 Å². The van der Waals surface area contributed by atoms with Crippen molar-refractivity contribution in [3.63, 3.8) is 0 Å². The minimum Gasteiger partial charge on any atom is -0.454 e. The second-order valence-corrected chi connectivity index (χ2v) is 11.2. The van der Waals surface area contributed by atoms with Crippen LogP contribution in [0.3, 0.4) is 0 Å². The molecule has 0 aliphatic carbocycles. The average Bonchev–Trinajstić information content (AvgIpc) is 3.73. The number of benzene rings is 4. The van der Waals surface area contributed by atoms with E-state index >= 15 is 0 Å². The lowest BCUT2D eigenvalue weighted by Gasteiger charge is -2.37. The number of nitro benzene ring substituents is 1. The Labute approximate surface area is 250 Å². The summed E-state index contributed by atoms with van der Waals surface area (Å²) in [5, 5.41) is 14.4. The van der Waals surface area contributed by atoms with Crippen molar-refractivity contribution >= 4 is 40.6 Å². The molecule has 10 nitrogen and oxygen atoms in total. The molecule has 4 aliphatic heterocycles. The highest BCUT2D eigenvalue weighted by atomic mass is 16.7. The van der Waals surface area contributed by atoms with Crippen molar-refractivity contribution in [3.8, 4) is 11.5 Å². The normalized spacial score (nSPS) is 23.6. The van der Waals surface area contributed by atoms with E-state index in [4.69, 9.17) is 9.47 Å². The van der Waals surface area contributed by atoms with E-state index in [0.717, 1.165) is 5.56 Å². The molecule has 0 aromatic heterocycles. The number of anilines is 2. The Balaban J connectivity index is 1.39. The van der Waals surface area contributed by atoms with Crippen LogP contribution in [0.25, 0.3) is 6.08 Å². The molecule has 1 spiro atoms. The Morgan fingerprint density at radius 2 is 1.61 bits per heavy atom. The van der Waals surface area contributed by atoms with Gasteiger partial charge in [-0.3, -0.25) is 24.5 Å². The van der Waals surface area contributed by atoms with Gasteiger partial charge in [0.25, 0.3) is 5.69 Å². The van der Waals surface area contributed by atoms with Gasteiger partial charge in [-0.05, 0) is 53.6 Å². The summed E-state index contributed by atoms with van der Waals surface area (Å²) in [6, 6.07) is 23.1. The van der Waals surface area contributed by atoms with Crippen LogP contribution in [0.1, 0.15) is 31.8 Å². The maximum absolute atomic E-state index is 14.9. The molecule has 8 rings (SSSR count). The van der Waals surface area contributed by atoms with Gasteiger partial charge in [-0.25, -0.2) is 0 Å². The van der Waals surface area contributed by atoms with Crippen LogP contribution in [0.2, 0.25) is 0 Å². The van der Waals surface area contributed by atoms with E-state index in [1.54, 1.807) is 24.3 Å². The number of fused-ring (bicyclic) bond motifs is 7. The molecule has 4 heterocycles. The van der Waals surface area contributed by atoms with E-state index in [1.807, 2.05) is 59.5 Å². The molecule has 1 amide bonds. The van der Waals surface area contributed by atoms with E-state index in [-0.39, 0.29) is 29.5 Å². The van der Waals surface area contributed by atoms with Crippen molar-refractivity contribution < 1.29 is 28.8 Å². The van der Waals surface area contributed by atoms with Gasteiger partial charge in [-0.2, -0.15) is 0 Å². The number of hydrogen-bond acceptors (Lipinski definition) is 8. The number of nitro groups is 1. The fourth-order valence-corrected chi connectivity index (χ4v) is 7.27. The molecular weight excluding hydrogens is 562 g/mol. The van der Waals surface area contributed by atoms with E-state index in [0.29, 0.717) is 28.4 Å². The maximum Gasteiger partial charge on any atom is 0.269 e. The molecule has 10 heteroatoms. The van der Waals surface area contributed by atoms with Gasteiger partial charge in [-0.15, -0.1) is 0 Å². The molecule has 1 N–H and O–H groups in total. The van der Waals surface area contributed by atoms with Crippen LogP contribution in [0.15, 0.2) is 97.1 Å². The summed E-state index contributed by atoms with van der Waals surface area (Å²) in [7, 11) is 0. The van der Waals surface area contributed by atoms with Crippen LogP contribution < -0.4 is 19.7 Å². The SMILES string of the molecule is O=C(c1ccc([N+](=O)[O-])cc1)C1C(C(=O)c2ccc3c(c2)OCO3)C2(C(=O)Nc3ccccc32)C2C=Cc3ccccc3N12. The summed E-state index contributed by atoms with van der Waals surface area (Å²) >= 11 is 0. The molecule has 1 fully saturated rings. The quantitative estimate of drug-likeness (QED) is 0.193. The van der Waals surface area contributed by atoms with Crippen molar-refractivity contribution in [2.75, 3.05) is 17.0 Å². The molecule has 4 atom stereocenters. The third kappa shape index (κ3) is 3.45. The highest BCUT2D eigenvalue weighted by Crippen LogP contribution is 2.58. The summed E-state index contributed by atoms with van der Waals surface area (Å²) in [6.07, 6.45) is 3.82. The first-order chi connectivity index (χ1) is 21.4. The zero-order valence-corrected chi connectivity index (χ0v) is 23.0. The molecule has 0 saturated carbocycles. The summed E-state index contributed by atoms with van der Waals surface area (Å²) in [6.45, 7) is 0.0226. The Morgan fingerprint density at radius 3 is 2.43 bits per heavy atom. The number of ketones is 2. The van der Waals surface area contributed by atoms with Crippen LogP contribution in [0.4, 0.5) is 17.1 Å². The molecule has 44 heavy (non-hydrogen) atoms. The number of hydrogen-bond donors (Lipinski definition) is 1. The molecule has 4 aromatic rings. The van der Waals surface area contributed by atoms with Crippen LogP contribution in [0.5, 0.6) is 11.5 Å². The highest BCUT2D eigenvalue weighted by Gasteiger charge is 2.70. The number of nitrogens with one attached hydrogen (secondary N) is 1. The summed E-state index contributed by atoms with van der Waals surface area (Å²) in [5.41, 5.74) is 1.58. The summed E-state index contributed by atoms with van der Waals surface area (Å²) in [5.74, 6) is -1.50. The molecule has 1 saturated heterocycles. The number of ether oxygens (including phenoxy) is 2. The van der Waals surface area contributed by atoms with Crippen LogP contribution >= 0.6 is 0 Å². The van der Waals surface area contributed by atoms with Crippen molar-refractivity contribution in [1.82, 2.24) is 0 Å². The lowest BCUT2D eigenvalue weighted by atomic mass is 9.64. The zero-order chi connectivity index (χ0) is 30.2. The van der Waals surface area contributed by atoms with Crippen LogP contribution in [0, 0.1) is 16.0 Å². The van der Waals surface area contributed by atoms with Gasteiger partial charge < -0.3 is 19.7 Å². The topological polar surface area (TPSA) is 128 Å². The summed E-state index contributed by atoms with van der Waals surface area (Å²) in [4.78, 5) is 56.8. The Morgan fingerprint density at radius 1 is 0.886 bits per heavy atom. The number of non-ortho nitro benzene ring substituents is 1. The first-order valence-corrected chi connectivity index (χ1v) is 14.1. The Kier molecular flexibility index (Phi) is 5.51. The smallest absolute Gasteiger partial charge is 0.269 e. The average molecular weight is 586 g/mol. The fourth-order valence-electron chi connectivity index (χ4n) is 7.27. The monoisotopic (exact) mass is 585 g/mol. The molecule has 216 valence electrons. The lowest BCUT2D eigenvalue weighted by molar-refractivity contribution is -0.384. The van der Waals surface area contributed by atoms with Crippen molar-refractivity contribution in [2.24, 2.45) is 5.92 Å². The third-order valence-electron chi connectivity index (χ3n) is 9.11.